The van der Waals surface area contributed by atoms with Gasteiger partial charge in [0.1, 0.15) is 5.82 Å². The molecule has 0 radical (unpaired) electrons. The van der Waals surface area contributed by atoms with Crippen LogP contribution in [0.3, 0.4) is 0 Å². The van der Waals surface area contributed by atoms with Crippen molar-refractivity contribution in [1.82, 2.24) is 5.32 Å². The molecule has 3 rings (SSSR count). The first-order valence-corrected chi connectivity index (χ1v) is 8.27. The summed E-state index contributed by atoms with van der Waals surface area (Å²) >= 11 is 5.78. The van der Waals surface area contributed by atoms with E-state index in [1.807, 2.05) is 30.3 Å². The minimum absolute atomic E-state index is 0.189. The molecule has 128 valence electrons. The van der Waals surface area contributed by atoms with E-state index in [4.69, 9.17) is 17.0 Å². The molecule has 1 aliphatic rings. The molecule has 0 bridgehead atoms. The Hall–Kier alpha value is -2.66. The summed E-state index contributed by atoms with van der Waals surface area (Å²) in [7, 11) is 0. The van der Waals surface area contributed by atoms with Crippen LogP contribution in [-0.2, 0) is 10.2 Å². The van der Waals surface area contributed by atoms with Gasteiger partial charge in [0, 0.05) is 28.5 Å². The van der Waals surface area contributed by atoms with Gasteiger partial charge in [-0.2, -0.15) is 0 Å². The van der Waals surface area contributed by atoms with Crippen LogP contribution >= 0.6 is 11.6 Å². The van der Waals surface area contributed by atoms with Gasteiger partial charge in [0.05, 0.1) is 5.41 Å². The van der Waals surface area contributed by atoms with Crippen LogP contribution in [-0.4, -0.2) is 11.7 Å². The van der Waals surface area contributed by atoms with Gasteiger partial charge in [-0.15, -0.1) is 0 Å². The number of nitrogens with one attached hydrogen (secondary N) is 2. The van der Waals surface area contributed by atoms with Crippen LogP contribution in [0.1, 0.15) is 18.4 Å². The van der Waals surface area contributed by atoms with Crippen LogP contribution in [0, 0.1) is 5.82 Å². The molecule has 0 aliphatic heterocycles. The van der Waals surface area contributed by atoms with Crippen molar-refractivity contribution in [1.29, 1.82) is 0 Å². The number of rotatable bonds is 5. The number of hydrogen-bond acceptors (Lipinski definition) is 2. The lowest BCUT2D eigenvalue weighted by Gasteiger charge is -2.12. The van der Waals surface area contributed by atoms with E-state index in [9.17, 15) is 9.18 Å². The highest BCUT2D eigenvalue weighted by Crippen LogP contribution is 2.49. The number of carbonyl (C=O) groups excluding carboxylic acids is 1. The second-order valence-corrected chi connectivity index (χ2v) is 6.40. The summed E-state index contributed by atoms with van der Waals surface area (Å²) in [5.41, 5.74) is 0.397. The van der Waals surface area contributed by atoms with Gasteiger partial charge in [-0.1, -0.05) is 35.9 Å². The lowest BCUT2D eigenvalue weighted by Crippen LogP contribution is -2.52. The second kappa shape index (κ2) is 7.07. The molecule has 0 unspecified atom stereocenters. The summed E-state index contributed by atoms with van der Waals surface area (Å²) in [6, 6.07) is 13.9. The molecule has 0 spiro atoms. The Kier molecular flexibility index (Phi) is 4.86. The third-order valence-electron chi connectivity index (χ3n) is 4.18. The topological polar surface area (TPSA) is 66.7 Å². The van der Waals surface area contributed by atoms with Gasteiger partial charge in [-0.3, -0.25) is 5.41 Å². The molecule has 0 atom stereocenters. The predicted octanol–water partition coefficient (Wildman–Crippen LogP) is 2.41. The van der Waals surface area contributed by atoms with Crippen molar-refractivity contribution >= 4 is 29.0 Å². The normalized spacial score (nSPS) is 15.0. The number of nitrogens with two attached hydrogens (primary N) is 1. The predicted molar refractivity (Wildman–Crippen MR) is 96.6 cm³/mol. The highest BCUT2D eigenvalue weighted by atomic mass is 35.5. The maximum atomic E-state index is 14.1. The first-order valence-electron chi connectivity index (χ1n) is 7.89. The number of hydrogen-bond donors (Lipinski definition) is 3. The van der Waals surface area contributed by atoms with Crippen molar-refractivity contribution in [2.45, 2.75) is 18.3 Å². The molecule has 1 aliphatic carbocycles. The van der Waals surface area contributed by atoms with Crippen LogP contribution < -0.4 is 16.0 Å². The number of carbonyl (C=O) groups is 1. The van der Waals surface area contributed by atoms with E-state index in [2.05, 4.69) is 10.6 Å². The van der Waals surface area contributed by atoms with Crippen LogP contribution in [0.25, 0.3) is 0 Å². The molecule has 6 heteroatoms. The SMILES string of the molecule is [NH2+]=C(/C=C\Nc1ccccc1)NC(=O)C1(c2ccc(Cl)cc2F)CC1. The first-order chi connectivity index (χ1) is 12.0. The zero-order valence-electron chi connectivity index (χ0n) is 13.4. The quantitative estimate of drug-likeness (QED) is 0.567. The number of para-hydroxylation sites is 1. The number of benzene rings is 2. The molecule has 4 N–H and O–H groups in total. The maximum Gasteiger partial charge on any atom is 0.318 e. The fourth-order valence-electron chi connectivity index (χ4n) is 2.68. The molecule has 2 aromatic rings. The lowest BCUT2D eigenvalue weighted by molar-refractivity contribution is -0.129. The molecule has 1 saturated carbocycles. The fourth-order valence-corrected chi connectivity index (χ4v) is 2.83. The van der Waals surface area contributed by atoms with Crippen molar-refractivity contribution < 1.29 is 14.6 Å². The van der Waals surface area contributed by atoms with Gasteiger partial charge in [0.2, 0.25) is 0 Å². The summed E-state index contributed by atoms with van der Waals surface area (Å²) in [6.07, 6.45) is 4.35. The molecule has 0 heterocycles. The van der Waals surface area contributed by atoms with Gasteiger partial charge in [0.25, 0.3) is 5.84 Å². The van der Waals surface area contributed by atoms with Crippen molar-refractivity contribution in [3.63, 3.8) is 0 Å². The summed E-state index contributed by atoms with van der Waals surface area (Å²) in [5.74, 6) is -0.593. The van der Waals surface area contributed by atoms with E-state index >= 15 is 0 Å². The Labute approximate surface area is 150 Å². The standard InChI is InChI=1S/C19H17ClFN3O/c20-13-6-7-15(16(21)12-13)19(9-10-19)18(25)24-17(22)8-11-23-14-4-2-1-3-5-14/h1-8,11-12,23H,9-10H2,(H2,22,24,25)/p+1/b11-8-. The van der Waals surface area contributed by atoms with Gasteiger partial charge < -0.3 is 5.32 Å². The van der Waals surface area contributed by atoms with Crippen molar-refractivity contribution in [3.8, 4) is 0 Å². The third kappa shape index (κ3) is 3.88. The van der Waals surface area contributed by atoms with E-state index in [1.54, 1.807) is 24.4 Å². The van der Waals surface area contributed by atoms with Crippen molar-refractivity contribution in [3.05, 3.63) is 77.2 Å². The Bertz CT molecular complexity index is 832. The smallest absolute Gasteiger partial charge is 0.318 e. The largest absolute Gasteiger partial charge is 0.361 e. The zero-order valence-corrected chi connectivity index (χ0v) is 14.2. The monoisotopic (exact) mass is 358 g/mol. The molecular formula is C19H18ClFN3O+. The van der Waals surface area contributed by atoms with E-state index in [0.717, 1.165) is 5.69 Å². The van der Waals surface area contributed by atoms with E-state index in [-0.39, 0.29) is 11.7 Å². The zero-order chi connectivity index (χ0) is 17.9. The summed E-state index contributed by atoms with van der Waals surface area (Å²) in [5, 5.41) is 11.8. The van der Waals surface area contributed by atoms with Gasteiger partial charge in [0.15, 0.2) is 0 Å². The minimum Gasteiger partial charge on any atom is -0.361 e. The second-order valence-electron chi connectivity index (χ2n) is 5.96. The van der Waals surface area contributed by atoms with Crippen molar-refractivity contribution in [2.75, 3.05) is 5.32 Å². The Morgan fingerprint density at radius 3 is 2.56 bits per heavy atom. The lowest BCUT2D eigenvalue weighted by atomic mass is 9.94. The first kappa shape index (κ1) is 17.2. The molecule has 2 aromatic carbocycles. The van der Waals surface area contributed by atoms with E-state index < -0.39 is 11.2 Å². The van der Waals surface area contributed by atoms with Crippen LogP contribution in [0.4, 0.5) is 10.1 Å². The minimum atomic E-state index is -0.861. The molecule has 0 aromatic heterocycles. The summed E-state index contributed by atoms with van der Waals surface area (Å²) in [4.78, 5) is 12.5. The Morgan fingerprint density at radius 2 is 1.92 bits per heavy atom. The van der Waals surface area contributed by atoms with Gasteiger partial charge in [-0.25, -0.2) is 14.5 Å². The van der Waals surface area contributed by atoms with E-state index in [1.165, 1.54) is 6.07 Å². The number of anilines is 1. The van der Waals surface area contributed by atoms with E-state index in [0.29, 0.717) is 23.4 Å². The average Bonchev–Trinajstić information content (AvgIpc) is 3.37. The highest BCUT2D eigenvalue weighted by molar-refractivity contribution is 6.30. The number of amides is 1. The Balaban J connectivity index is 1.62. The fraction of sp³-hybridized carbons (Fsp3) is 0.158. The highest BCUT2D eigenvalue weighted by Gasteiger charge is 2.55. The molecule has 1 fully saturated rings. The average molecular weight is 359 g/mol. The van der Waals surface area contributed by atoms with Gasteiger partial charge >= 0.3 is 5.91 Å². The maximum absolute atomic E-state index is 14.1. The Morgan fingerprint density at radius 1 is 1.20 bits per heavy atom. The molecule has 1 amide bonds. The molecule has 0 saturated heterocycles. The molecule has 25 heavy (non-hydrogen) atoms. The van der Waals surface area contributed by atoms with Crippen molar-refractivity contribution in [2.24, 2.45) is 0 Å². The number of amidine groups is 1. The van der Waals surface area contributed by atoms with Crippen LogP contribution in [0.15, 0.2) is 60.8 Å². The summed E-state index contributed by atoms with van der Waals surface area (Å²) in [6.45, 7) is 0. The number of halogens is 2. The van der Waals surface area contributed by atoms with Gasteiger partial charge in [-0.05, 0) is 37.1 Å². The summed E-state index contributed by atoms with van der Waals surface area (Å²) < 4.78 is 14.1. The van der Waals surface area contributed by atoms with Crippen LogP contribution in [0.2, 0.25) is 5.02 Å². The molecule has 4 nitrogen and oxygen atoms in total. The van der Waals surface area contributed by atoms with Crippen LogP contribution in [0.5, 0.6) is 0 Å². The molecular weight excluding hydrogens is 341 g/mol. The third-order valence-corrected chi connectivity index (χ3v) is 4.41.